The molecule has 2 aromatic rings. The van der Waals surface area contributed by atoms with Gasteiger partial charge in [0.25, 0.3) is 5.91 Å². The first-order valence-electron chi connectivity index (χ1n) is 13.4. The molecule has 1 atom stereocenters. The van der Waals surface area contributed by atoms with E-state index in [0.29, 0.717) is 17.9 Å². The van der Waals surface area contributed by atoms with Crippen molar-refractivity contribution >= 4 is 29.1 Å². The minimum absolute atomic E-state index is 0.0652. The van der Waals surface area contributed by atoms with Crippen LogP contribution in [0.2, 0.25) is 5.15 Å². The van der Waals surface area contributed by atoms with Gasteiger partial charge in [-0.05, 0) is 57.8 Å². The van der Waals surface area contributed by atoms with Crippen molar-refractivity contribution in [3.05, 3.63) is 40.7 Å². The molecule has 0 saturated carbocycles. The molecule has 0 unspecified atom stereocenters. The highest BCUT2D eigenvalue weighted by atomic mass is 35.5. The van der Waals surface area contributed by atoms with Crippen LogP contribution in [-0.4, -0.2) is 90.7 Å². The number of anilines is 2. The first-order valence-corrected chi connectivity index (χ1v) is 13.7. The van der Waals surface area contributed by atoms with E-state index in [0.717, 1.165) is 64.5 Å². The molecule has 0 radical (unpaired) electrons. The second-order valence-corrected chi connectivity index (χ2v) is 10.3. The Balaban J connectivity index is 1.25. The Kier molecular flexibility index (Phi) is 9.45. The fourth-order valence-corrected chi connectivity index (χ4v) is 5.64. The van der Waals surface area contributed by atoms with Gasteiger partial charge < -0.3 is 25.6 Å². The first-order chi connectivity index (χ1) is 17.9. The lowest BCUT2D eigenvalue weighted by Gasteiger charge is -2.47. The van der Waals surface area contributed by atoms with Gasteiger partial charge >= 0.3 is 0 Å². The van der Waals surface area contributed by atoms with E-state index in [1.807, 2.05) is 12.1 Å². The summed E-state index contributed by atoms with van der Waals surface area (Å²) in [5, 5.41) is 2.74. The molecule has 3 N–H and O–H groups in total. The number of nitrogen functional groups attached to an aromatic ring is 1. The van der Waals surface area contributed by atoms with Gasteiger partial charge in [-0.2, -0.15) is 0 Å². The number of hydrogen-bond acceptors (Lipinski definition) is 8. The summed E-state index contributed by atoms with van der Waals surface area (Å²) >= 11 is 6.44. The van der Waals surface area contributed by atoms with Gasteiger partial charge in [0, 0.05) is 45.3 Å². The molecule has 37 heavy (non-hydrogen) atoms. The van der Waals surface area contributed by atoms with Gasteiger partial charge in [-0.15, -0.1) is 0 Å². The second-order valence-electron chi connectivity index (χ2n) is 9.98. The maximum absolute atomic E-state index is 12.0. The van der Waals surface area contributed by atoms with E-state index in [4.69, 9.17) is 22.1 Å². The minimum atomic E-state index is -0.389. The third kappa shape index (κ3) is 6.83. The summed E-state index contributed by atoms with van der Waals surface area (Å²) in [5.41, 5.74) is 7.35. The van der Waals surface area contributed by atoms with Crippen molar-refractivity contribution in [3.8, 4) is 5.75 Å². The molecule has 2 saturated heterocycles. The van der Waals surface area contributed by atoms with Gasteiger partial charge in [0.05, 0.1) is 6.61 Å². The monoisotopic (exact) mass is 529 g/mol. The predicted octanol–water partition coefficient (Wildman–Crippen LogP) is 3.21. The Labute approximate surface area is 225 Å². The van der Waals surface area contributed by atoms with Crippen LogP contribution >= 0.6 is 11.6 Å². The zero-order valence-electron chi connectivity index (χ0n) is 22.3. The maximum atomic E-state index is 12.0. The molecule has 2 fully saturated rings. The summed E-state index contributed by atoms with van der Waals surface area (Å²) in [4.78, 5) is 28.1. The number of ether oxygens (including phenoxy) is 1. The predicted molar refractivity (Wildman–Crippen MR) is 149 cm³/mol. The molecule has 0 aliphatic carbocycles. The summed E-state index contributed by atoms with van der Waals surface area (Å²) in [6, 6.07) is 9.26. The molecular formula is C27H40ClN7O2. The number of benzene rings is 1. The van der Waals surface area contributed by atoms with E-state index < -0.39 is 0 Å². The van der Waals surface area contributed by atoms with Crippen LogP contribution in [0.4, 0.5) is 11.6 Å². The minimum Gasteiger partial charge on any atom is -0.494 e. The Hall–Kier alpha value is -2.62. The highest BCUT2D eigenvalue weighted by Crippen LogP contribution is 2.29. The van der Waals surface area contributed by atoms with Crippen molar-refractivity contribution in [1.29, 1.82) is 0 Å². The van der Waals surface area contributed by atoms with Gasteiger partial charge in [0.2, 0.25) is 0 Å². The summed E-state index contributed by atoms with van der Waals surface area (Å²) in [6.07, 6.45) is 4.45. The van der Waals surface area contributed by atoms with Crippen molar-refractivity contribution in [2.45, 2.75) is 51.6 Å². The molecule has 1 aromatic heterocycles. The number of carbonyl (C=O) groups excluding carboxylic acids is 1. The number of nitrogens with one attached hydrogen (secondary N) is 1. The molecule has 0 bridgehead atoms. The molecule has 3 heterocycles. The van der Waals surface area contributed by atoms with Gasteiger partial charge in [-0.3, -0.25) is 9.69 Å². The fourth-order valence-electron chi connectivity index (χ4n) is 5.40. The van der Waals surface area contributed by atoms with E-state index in [9.17, 15) is 4.79 Å². The van der Waals surface area contributed by atoms with Crippen LogP contribution in [0.3, 0.4) is 0 Å². The number of nitrogens with zero attached hydrogens (tertiary/aromatic N) is 5. The van der Waals surface area contributed by atoms with Gasteiger partial charge in [-0.1, -0.05) is 36.2 Å². The number of aryl methyl sites for hydroxylation is 1. The number of hydrogen-bond donors (Lipinski definition) is 2. The summed E-state index contributed by atoms with van der Waals surface area (Å²) < 4.78 is 5.90. The third-order valence-electron chi connectivity index (χ3n) is 7.54. The van der Waals surface area contributed by atoms with Crippen LogP contribution in [0.15, 0.2) is 24.3 Å². The number of halogens is 1. The van der Waals surface area contributed by atoms with Crippen molar-refractivity contribution in [2.24, 2.45) is 0 Å². The van der Waals surface area contributed by atoms with Gasteiger partial charge in [0.1, 0.15) is 5.75 Å². The normalized spacial score (nSPS) is 19.7. The van der Waals surface area contributed by atoms with Crippen LogP contribution in [0.25, 0.3) is 0 Å². The molecule has 2 aliphatic rings. The second kappa shape index (κ2) is 12.8. The molecule has 1 aromatic carbocycles. The van der Waals surface area contributed by atoms with E-state index in [1.54, 1.807) is 0 Å². The summed E-state index contributed by atoms with van der Waals surface area (Å²) in [7, 11) is 1.53. The van der Waals surface area contributed by atoms with Gasteiger partial charge in [0.15, 0.2) is 22.5 Å². The Bertz CT molecular complexity index is 1040. The van der Waals surface area contributed by atoms with Crippen LogP contribution in [0, 0.1) is 6.92 Å². The zero-order valence-corrected chi connectivity index (χ0v) is 23.0. The number of rotatable bonds is 9. The highest BCUT2D eigenvalue weighted by Gasteiger charge is 2.34. The van der Waals surface area contributed by atoms with Crippen molar-refractivity contribution < 1.29 is 9.53 Å². The highest BCUT2D eigenvalue weighted by molar-refractivity contribution is 6.32. The lowest BCUT2D eigenvalue weighted by atomic mass is 9.98. The molecule has 2 aliphatic heterocycles. The fraction of sp³-hybridized carbons (Fsp3) is 0.593. The molecule has 1 amide bonds. The van der Waals surface area contributed by atoms with Crippen LogP contribution in [-0.2, 0) is 0 Å². The van der Waals surface area contributed by atoms with Gasteiger partial charge in [-0.25, -0.2) is 9.97 Å². The van der Waals surface area contributed by atoms with Crippen LogP contribution in [0.1, 0.15) is 48.7 Å². The molecule has 10 heteroatoms. The van der Waals surface area contributed by atoms with E-state index in [-0.39, 0.29) is 22.6 Å². The SMILES string of the molecule is CC[C@H]1CN(c2nc(N)c(C(=O)NC)nc2Cl)CCN1C1CCN(CCCOc2ccc(C)cc2)CC1. The number of likely N-dealkylation sites (tertiary alicyclic amines) is 1. The number of nitrogens with two attached hydrogens (primary N) is 1. The number of piperazine rings is 1. The molecule has 9 nitrogen and oxygen atoms in total. The standard InChI is InChI=1S/C27H40ClN7O2/c1-4-20-18-34(26-24(28)31-23(25(29)32-26)27(36)30-3)15-16-35(20)21-10-13-33(14-11-21)12-5-17-37-22-8-6-19(2)7-9-22/h6-9,20-21H,4-5,10-18H2,1-3H3,(H2,29,32)(H,30,36)/t20-/m0/s1. The third-order valence-corrected chi connectivity index (χ3v) is 7.79. The molecule has 4 rings (SSSR count). The lowest BCUT2D eigenvalue weighted by Crippen LogP contribution is -2.58. The van der Waals surface area contributed by atoms with E-state index >= 15 is 0 Å². The zero-order chi connectivity index (χ0) is 26.4. The largest absolute Gasteiger partial charge is 0.494 e. The average Bonchev–Trinajstić information content (AvgIpc) is 2.92. The Morgan fingerprint density at radius 2 is 1.89 bits per heavy atom. The Morgan fingerprint density at radius 3 is 2.57 bits per heavy atom. The maximum Gasteiger partial charge on any atom is 0.273 e. The van der Waals surface area contributed by atoms with E-state index in [1.165, 1.54) is 25.5 Å². The van der Waals surface area contributed by atoms with Crippen molar-refractivity contribution in [1.82, 2.24) is 25.1 Å². The lowest BCUT2D eigenvalue weighted by molar-refractivity contribution is 0.0617. The smallest absolute Gasteiger partial charge is 0.273 e. The topological polar surface area (TPSA) is 99.8 Å². The number of piperidine rings is 1. The van der Waals surface area contributed by atoms with Crippen LogP contribution < -0.4 is 20.7 Å². The Morgan fingerprint density at radius 1 is 1.16 bits per heavy atom. The first kappa shape index (κ1) is 27.4. The molecule has 0 spiro atoms. The van der Waals surface area contributed by atoms with Crippen molar-refractivity contribution in [3.63, 3.8) is 0 Å². The number of amides is 1. The average molecular weight is 530 g/mol. The molecule has 202 valence electrons. The summed E-state index contributed by atoms with van der Waals surface area (Å²) in [5.74, 6) is 1.23. The van der Waals surface area contributed by atoms with E-state index in [2.05, 4.69) is 56.0 Å². The summed E-state index contributed by atoms with van der Waals surface area (Å²) in [6.45, 7) is 11.0. The number of aromatic nitrogens is 2. The van der Waals surface area contributed by atoms with Crippen LogP contribution in [0.5, 0.6) is 5.75 Å². The molecular weight excluding hydrogens is 490 g/mol. The quantitative estimate of drug-likeness (QED) is 0.478. The number of carbonyl (C=O) groups is 1. The van der Waals surface area contributed by atoms with Crippen molar-refractivity contribution in [2.75, 3.05) is 63.6 Å².